The van der Waals surface area contributed by atoms with Gasteiger partial charge in [-0.3, -0.25) is 10.0 Å². The Morgan fingerprint density at radius 1 is 1.47 bits per heavy atom. The van der Waals surface area contributed by atoms with Gasteiger partial charge in [0.15, 0.2) is 0 Å². The van der Waals surface area contributed by atoms with E-state index in [9.17, 15) is 4.79 Å². The molecule has 0 heterocycles. The van der Waals surface area contributed by atoms with E-state index in [-0.39, 0.29) is 12.5 Å². The second kappa shape index (κ2) is 6.16. The van der Waals surface area contributed by atoms with Gasteiger partial charge in [0.05, 0.1) is 6.10 Å². The second-order valence-corrected chi connectivity index (χ2v) is 3.21. The summed E-state index contributed by atoms with van der Waals surface area (Å²) >= 11 is 0. The van der Waals surface area contributed by atoms with Gasteiger partial charge in [-0.15, -0.1) is 0 Å². The van der Waals surface area contributed by atoms with Gasteiger partial charge in [-0.25, -0.2) is 5.48 Å². The lowest BCUT2D eigenvalue weighted by molar-refractivity contribution is -0.129. The Hall–Kier alpha value is -1.39. The van der Waals surface area contributed by atoms with Crippen molar-refractivity contribution in [3.8, 4) is 0 Å². The molecule has 1 rings (SSSR count). The van der Waals surface area contributed by atoms with Gasteiger partial charge in [0.1, 0.15) is 0 Å². The van der Waals surface area contributed by atoms with Gasteiger partial charge in [-0.05, 0) is 12.0 Å². The van der Waals surface area contributed by atoms with Gasteiger partial charge in [0.2, 0.25) is 5.91 Å². The summed E-state index contributed by atoms with van der Waals surface area (Å²) in [5.74, 6) is -0.395. The lowest BCUT2D eigenvalue weighted by Crippen LogP contribution is -2.19. The first-order chi connectivity index (χ1) is 7.27. The SMILES string of the molecule is COC(CCC(=O)NO)c1ccccc1. The fourth-order valence-electron chi connectivity index (χ4n) is 1.41. The molecule has 4 nitrogen and oxygen atoms in total. The summed E-state index contributed by atoms with van der Waals surface area (Å²) in [4.78, 5) is 10.8. The summed E-state index contributed by atoms with van der Waals surface area (Å²) in [5, 5.41) is 8.35. The summed E-state index contributed by atoms with van der Waals surface area (Å²) in [6.07, 6.45) is 0.681. The highest BCUT2D eigenvalue weighted by molar-refractivity contribution is 5.74. The maximum Gasteiger partial charge on any atom is 0.243 e. The van der Waals surface area contributed by atoms with Crippen LogP contribution in [0, 0.1) is 0 Å². The van der Waals surface area contributed by atoms with Crippen LogP contribution in [0.1, 0.15) is 24.5 Å². The number of benzene rings is 1. The van der Waals surface area contributed by atoms with Crippen LogP contribution in [-0.2, 0) is 9.53 Å². The molecule has 4 heteroatoms. The van der Waals surface area contributed by atoms with Crippen LogP contribution >= 0.6 is 0 Å². The molecular formula is C11H15NO3. The Bertz CT molecular complexity index is 300. The Morgan fingerprint density at radius 2 is 2.13 bits per heavy atom. The largest absolute Gasteiger partial charge is 0.377 e. The molecule has 0 radical (unpaired) electrons. The van der Waals surface area contributed by atoms with E-state index in [0.717, 1.165) is 5.56 Å². The number of rotatable bonds is 5. The average molecular weight is 209 g/mol. The van der Waals surface area contributed by atoms with E-state index in [1.54, 1.807) is 12.6 Å². The number of methoxy groups -OCH3 is 1. The summed E-state index contributed by atoms with van der Waals surface area (Å²) in [7, 11) is 1.61. The normalized spacial score (nSPS) is 12.1. The number of nitrogens with one attached hydrogen (secondary N) is 1. The molecule has 0 aliphatic carbocycles. The Kier molecular flexibility index (Phi) is 4.80. The van der Waals surface area contributed by atoms with Crippen LogP contribution in [0.25, 0.3) is 0 Å². The number of carbonyl (C=O) groups is 1. The van der Waals surface area contributed by atoms with Crippen LogP contribution < -0.4 is 5.48 Å². The molecule has 82 valence electrons. The van der Waals surface area contributed by atoms with E-state index < -0.39 is 5.91 Å². The Balaban J connectivity index is 2.53. The van der Waals surface area contributed by atoms with Crippen molar-refractivity contribution in [2.75, 3.05) is 7.11 Å². The summed E-state index contributed by atoms with van der Waals surface area (Å²) in [6.45, 7) is 0. The lowest BCUT2D eigenvalue weighted by atomic mass is 10.0. The first kappa shape index (κ1) is 11.7. The molecule has 1 unspecified atom stereocenters. The molecule has 1 amide bonds. The number of carbonyl (C=O) groups excluding carboxylic acids is 1. The van der Waals surface area contributed by atoms with Crippen molar-refractivity contribution in [2.24, 2.45) is 0 Å². The van der Waals surface area contributed by atoms with Gasteiger partial charge in [-0.1, -0.05) is 30.3 Å². The second-order valence-electron chi connectivity index (χ2n) is 3.21. The van der Waals surface area contributed by atoms with Crippen molar-refractivity contribution >= 4 is 5.91 Å². The van der Waals surface area contributed by atoms with Crippen molar-refractivity contribution in [3.63, 3.8) is 0 Å². The Morgan fingerprint density at radius 3 is 2.67 bits per heavy atom. The van der Waals surface area contributed by atoms with Crippen molar-refractivity contribution in [3.05, 3.63) is 35.9 Å². The molecule has 0 saturated carbocycles. The molecule has 0 aliphatic rings. The number of hydrogen-bond donors (Lipinski definition) is 2. The van der Waals surface area contributed by atoms with Crippen LogP contribution in [0.3, 0.4) is 0 Å². The van der Waals surface area contributed by atoms with E-state index in [4.69, 9.17) is 9.94 Å². The third-order valence-electron chi connectivity index (χ3n) is 2.21. The van der Waals surface area contributed by atoms with Crippen molar-refractivity contribution in [2.45, 2.75) is 18.9 Å². The van der Waals surface area contributed by atoms with Gasteiger partial charge >= 0.3 is 0 Å². The highest BCUT2D eigenvalue weighted by Crippen LogP contribution is 2.21. The third kappa shape index (κ3) is 3.69. The lowest BCUT2D eigenvalue weighted by Gasteiger charge is -2.14. The molecular weight excluding hydrogens is 194 g/mol. The predicted octanol–water partition coefficient (Wildman–Crippen LogP) is 1.66. The van der Waals surface area contributed by atoms with Crippen LogP contribution in [0.15, 0.2) is 30.3 Å². The Labute approximate surface area is 88.8 Å². The molecule has 0 saturated heterocycles. The average Bonchev–Trinajstić information content (AvgIpc) is 2.31. The van der Waals surface area contributed by atoms with Crippen LogP contribution in [0.2, 0.25) is 0 Å². The summed E-state index contributed by atoms with van der Waals surface area (Å²) in [6, 6.07) is 9.67. The fourth-order valence-corrected chi connectivity index (χ4v) is 1.41. The predicted molar refractivity (Wildman–Crippen MR) is 55.4 cm³/mol. The van der Waals surface area contributed by atoms with E-state index >= 15 is 0 Å². The molecule has 1 aromatic carbocycles. The minimum absolute atomic E-state index is 0.108. The van der Waals surface area contributed by atoms with Crippen molar-refractivity contribution in [1.29, 1.82) is 0 Å². The van der Waals surface area contributed by atoms with E-state index in [0.29, 0.717) is 6.42 Å². The highest BCUT2D eigenvalue weighted by Gasteiger charge is 2.11. The van der Waals surface area contributed by atoms with Crippen LogP contribution in [-0.4, -0.2) is 18.2 Å². The van der Waals surface area contributed by atoms with Crippen molar-refractivity contribution < 1.29 is 14.7 Å². The minimum Gasteiger partial charge on any atom is -0.377 e. The van der Waals surface area contributed by atoms with E-state index in [1.165, 1.54) is 0 Å². The molecule has 1 aromatic rings. The molecule has 0 aliphatic heterocycles. The smallest absolute Gasteiger partial charge is 0.243 e. The van der Waals surface area contributed by atoms with Gasteiger partial charge in [0, 0.05) is 13.5 Å². The quantitative estimate of drug-likeness (QED) is 0.572. The maximum absolute atomic E-state index is 10.8. The topological polar surface area (TPSA) is 58.6 Å². The molecule has 1 atom stereocenters. The first-order valence-electron chi connectivity index (χ1n) is 4.78. The first-order valence-corrected chi connectivity index (χ1v) is 4.78. The zero-order valence-electron chi connectivity index (χ0n) is 8.64. The van der Waals surface area contributed by atoms with Gasteiger partial charge in [-0.2, -0.15) is 0 Å². The van der Waals surface area contributed by atoms with Crippen LogP contribution in [0.4, 0.5) is 0 Å². The van der Waals surface area contributed by atoms with Gasteiger partial charge in [0.25, 0.3) is 0 Å². The molecule has 0 bridgehead atoms. The zero-order valence-corrected chi connectivity index (χ0v) is 8.64. The summed E-state index contributed by atoms with van der Waals surface area (Å²) < 4.78 is 5.27. The zero-order chi connectivity index (χ0) is 11.1. The summed E-state index contributed by atoms with van der Waals surface area (Å²) in [5.41, 5.74) is 2.63. The number of hydrogen-bond acceptors (Lipinski definition) is 3. The molecule has 15 heavy (non-hydrogen) atoms. The minimum atomic E-state index is -0.395. The van der Waals surface area contributed by atoms with E-state index in [1.807, 2.05) is 30.3 Å². The fraction of sp³-hybridized carbons (Fsp3) is 0.364. The van der Waals surface area contributed by atoms with Crippen LogP contribution in [0.5, 0.6) is 0 Å². The molecule has 0 fully saturated rings. The standard InChI is InChI=1S/C11H15NO3/c1-15-10(7-8-11(13)12-14)9-5-3-2-4-6-9/h2-6,10,14H,7-8H2,1H3,(H,12,13). The van der Waals surface area contributed by atoms with Crippen molar-refractivity contribution in [1.82, 2.24) is 5.48 Å². The van der Waals surface area contributed by atoms with E-state index in [2.05, 4.69) is 0 Å². The van der Waals surface area contributed by atoms with Gasteiger partial charge < -0.3 is 4.74 Å². The number of hydroxylamine groups is 1. The monoisotopic (exact) mass is 209 g/mol. The maximum atomic E-state index is 10.8. The number of ether oxygens (including phenoxy) is 1. The molecule has 0 aromatic heterocycles. The highest BCUT2D eigenvalue weighted by atomic mass is 16.5. The molecule has 2 N–H and O–H groups in total. The third-order valence-corrected chi connectivity index (χ3v) is 2.21. The number of amides is 1. The molecule has 0 spiro atoms.